The maximum atomic E-state index is 9.35. The summed E-state index contributed by atoms with van der Waals surface area (Å²) >= 11 is 0. The number of para-hydroxylation sites is 1. The van der Waals surface area contributed by atoms with Crippen molar-refractivity contribution in [3.63, 3.8) is 0 Å². The lowest BCUT2D eigenvalue weighted by molar-refractivity contribution is 0.00367. The van der Waals surface area contributed by atoms with Gasteiger partial charge >= 0.3 is 0 Å². The molecule has 0 spiro atoms. The summed E-state index contributed by atoms with van der Waals surface area (Å²) < 4.78 is 6.20. The molecular weight excluding hydrogens is 306 g/mol. The number of aromatic nitrogens is 4. The number of aliphatic hydroxyl groups excluding tert-OH is 1. The number of nitrogens with zero attached hydrogens (tertiary/aromatic N) is 4. The molecule has 1 atom stereocenters. The molecule has 126 valence electrons. The Morgan fingerprint density at radius 3 is 3.00 bits per heavy atom. The lowest BCUT2D eigenvalue weighted by atomic mass is 9.62. The Hall–Kier alpha value is -1.99. The molecule has 1 aromatic carbocycles. The van der Waals surface area contributed by atoms with Crippen LogP contribution in [0.4, 0.5) is 5.69 Å². The Balaban J connectivity index is 1.35. The fourth-order valence-electron chi connectivity index (χ4n) is 4.93. The van der Waals surface area contributed by atoms with Crippen LogP contribution in [0.1, 0.15) is 36.6 Å². The van der Waals surface area contributed by atoms with Crippen molar-refractivity contribution < 1.29 is 9.84 Å². The second-order valence-electron chi connectivity index (χ2n) is 7.49. The summed E-state index contributed by atoms with van der Waals surface area (Å²) in [6.07, 6.45) is 2.74. The summed E-state index contributed by atoms with van der Waals surface area (Å²) in [6, 6.07) is 8.54. The molecule has 2 aromatic rings. The minimum Gasteiger partial charge on any atom is -0.396 e. The smallest absolute Gasteiger partial charge is 0.183 e. The molecule has 1 saturated carbocycles. The normalized spacial score (nSPS) is 33.5. The Kier molecular flexibility index (Phi) is 2.99. The molecular formula is C17H21N5O2. The number of rotatable bonds is 5. The summed E-state index contributed by atoms with van der Waals surface area (Å²) in [5.74, 6) is 1.20. The molecule has 0 radical (unpaired) electrons. The topological polar surface area (TPSA) is 87.2 Å². The first-order chi connectivity index (χ1) is 11.7. The molecule has 0 amide bonds. The van der Waals surface area contributed by atoms with E-state index in [2.05, 4.69) is 49.8 Å². The van der Waals surface area contributed by atoms with Gasteiger partial charge in [0.1, 0.15) is 0 Å². The highest BCUT2D eigenvalue weighted by atomic mass is 16.5. The summed E-state index contributed by atoms with van der Waals surface area (Å²) in [6.45, 7) is 2.77. The molecule has 2 bridgehead atoms. The van der Waals surface area contributed by atoms with Crippen molar-refractivity contribution in [2.45, 2.75) is 36.2 Å². The van der Waals surface area contributed by atoms with Crippen molar-refractivity contribution in [1.29, 1.82) is 0 Å². The minimum absolute atomic E-state index is 0.0449. The van der Waals surface area contributed by atoms with Gasteiger partial charge in [-0.3, -0.25) is 0 Å². The second kappa shape index (κ2) is 5.00. The van der Waals surface area contributed by atoms with E-state index in [0.29, 0.717) is 12.5 Å². The van der Waals surface area contributed by atoms with Crippen LogP contribution in [-0.4, -0.2) is 57.6 Å². The number of fused-ring (bicyclic) bond motifs is 2. The first kappa shape index (κ1) is 14.4. The molecule has 4 aliphatic rings. The zero-order valence-corrected chi connectivity index (χ0v) is 13.5. The number of tetrazole rings is 1. The van der Waals surface area contributed by atoms with E-state index < -0.39 is 0 Å². The highest BCUT2D eigenvalue weighted by Gasteiger charge is 2.65. The van der Waals surface area contributed by atoms with E-state index >= 15 is 0 Å². The van der Waals surface area contributed by atoms with Gasteiger partial charge in [-0.05, 0) is 30.9 Å². The highest BCUT2D eigenvalue weighted by Crippen LogP contribution is 2.58. The monoisotopic (exact) mass is 327 g/mol. The van der Waals surface area contributed by atoms with Gasteiger partial charge in [-0.2, -0.15) is 5.21 Å². The number of hydrogen-bond donors (Lipinski definition) is 2. The van der Waals surface area contributed by atoms with Crippen molar-refractivity contribution in [1.82, 2.24) is 20.6 Å². The van der Waals surface area contributed by atoms with Crippen LogP contribution in [0.15, 0.2) is 24.3 Å². The number of nitrogens with one attached hydrogen (secondary N) is 1. The molecule has 24 heavy (non-hydrogen) atoms. The third-order valence-corrected chi connectivity index (χ3v) is 5.91. The van der Waals surface area contributed by atoms with Crippen LogP contribution in [-0.2, 0) is 10.2 Å². The number of H-pyrrole nitrogens is 1. The van der Waals surface area contributed by atoms with E-state index in [-0.39, 0.29) is 17.6 Å². The summed E-state index contributed by atoms with van der Waals surface area (Å²) in [4.78, 5) is 2.43. The number of ether oxygens (including phenoxy) is 1. The van der Waals surface area contributed by atoms with Crippen LogP contribution in [0.25, 0.3) is 0 Å². The number of hydrogen-bond acceptors (Lipinski definition) is 6. The first-order valence-electron chi connectivity index (χ1n) is 8.56. The van der Waals surface area contributed by atoms with Crippen molar-refractivity contribution >= 4 is 5.69 Å². The lowest BCUT2D eigenvalue weighted by Crippen LogP contribution is -2.54. The number of benzene rings is 1. The molecule has 2 N–H and O–H groups in total. The standard InChI is InChI=1S/C17H21N5O2/c23-6-5-12-7-22(14-4-2-1-3-13(12)14)10-17-8-16(9-17,11-24-17)15-18-20-21-19-15/h1-4,12,23H,5-11H2,(H,18,19,20,21). The van der Waals surface area contributed by atoms with Crippen LogP contribution < -0.4 is 4.90 Å². The van der Waals surface area contributed by atoms with Crippen molar-refractivity contribution in [3.05, 3.63) is 35.7 Å². The zero-order valence-electron chi connectivity index (χ0n) is 13.5. The van der Waals surface area contributed by atoms with Gasteiger partial charge in [0.2, 0.25) is 0 Å². The molecule has 1 aromatic heterocycles. The Labute approximate surface area is 140 Å². The van der Waals surface area contributed by atoms with Crippen LogP contribution in [0.3, 0.4) is 0 Å². The second-order valence-corrected chi connectivity index (χ2v) is 7.49. The molecule has 3 fully saturated rings. The largest absolute Gasteiger partial charge is 0.396 e. The molecule has 1 unspecified atom stereocenters. The summed E-state index contributed by atoms with van der Waals surface area (Å²) in [7, 11) is 0. The maximum Gasteiger partial charge on any atom is 0.183 e. The minimum atomic E-state index is -0.0954. The predicted octanol–water partition coefficient (Wildman–Crippen LogP) is 0.986. The van der Waals surface area contributed by atoms with Gasteiger partial charge in [0.25, 0.3) is 0 Å². The van der Waals surface area contributed by atoms with E-state index in [0.717, 1.165) is 38.2 Å². The number of anilines is 1. The van der Waals surface area contributed by atoms with E-state index in [9.17, 15) is 5.11 Å². The van der Waals surface area contributed by atoms with Crippen molar-refractivity contribution in [2.75, 3.05) is 31.2 Å². The number of aliphatic hydroxyl groups is 1. The van der Waals surface area contributed by atoms with Gasteiger partial charge in [-0.1, -0.05) is 23.4 Å². The van der Waals surface area contributed by atoms with Gasteiger partial charge in [-0.25, -0.2) is 0 Å². The Bertz CT molecular complexity index is 741. The molecule has 4 heterocycles. The average Bonchev–Trinajstić information content (AvgIpc) is 3.31. The maximum absolute atomic E-state index is 9.35. The third-order valence-electron chi connectivity index (χ3n) is 5.91. The van der Waals surface area contributed by atoms with Crippen molar-refractivity contribution in [2.24, 2.45) is 0 Å². The van der Waals surface area contributed by atoms with Crippen LogP contribution in [0.2, 0.25) is 0 Å². The van der Waals surface area contributed by atoms with E-state index in [1.54, 1.807) is 0 Å². The Morgan fingerprint density at radius 2 is 2.21 bits per heavy atom. The van der Waals surface area contributed by atoms with Crippen LogP contribution in [0.5, 0.6) is 0 Å². The molecule has 7 nitrogen and oxygen atoms in total. The quantitative estimate of drug-likeness (QED) is 0.851. The van der Waals surface area contributed by atoms with Gasteiger partial charge in [0, 0.05) is 31.3 Å². The SMILES string of the molecule is OCCC1CN(CC23CC(c4nn[nH]n4)(CO2)C3)c2ccccc21. The van der Waals surface area contributed by atoms with E-state index in [4.69, 9.17) is 4.74 Å². The van der Waals surface area contributed by atoms with Gasteiger partial charge in [-0.15, -0.1) is 10.2 Å². The van der Waals surface area contributed by atoms with Crippen LogP contribution >= 0.6 is 0 Å². The van der Waals surface area contributed by atoms with E-state index in [1.807, 2.05) is 0 Å². The van der Waals surface area contributed by atoms with Gasteiger partial charge in [0.15, 0.2) is 5.82 Å². The summed E-state index contributed by atoms with van der Waals surface area (Å²) in [5, 5.41) is 24.0. The fourth-order valence-corrected chi connectivity index (χ4v) is 4.93. The van der Waals surface area contributed by atoms with Gasteiger partial charge < -0.3 is 14.7 Å². The van der Waals surface area contributed by atoms with E-state index in [1.165, 1.54) is 11.3 Å². The van der Waals surface area contributed by atoms with Crippen LogP contribution in [0, 0.1) is 0 Å². The Morgan fingerprint density at radius 1 is 1.33 bits per heavy atom. The zero-order chi connectivity index (χ0) is 16.2. The fraction of sp³-hybridized carbons (Fsp3) is 0.588. The lowest BCUT2D eigenvalue weighted by Gasteiger charge is -2.45. The molecule has 7 heteroatoms. The molecule has 1 aliphatic carbocycles. The third kappa shape index (κ3) is 1.94. The molecule has 3 aliphatic heterocycles. The molecule has 6 rings (SSSR count). The predicted molar refractivity (Wildman–Crippen MR) is 86.9 cm³/mol. The highest BCUT2D eigenvalue weighted by molar-refractivity contribution is 5.60. The van der Waals surface area contributed by atoms with Gasteiger partial charge in [0.05, 0.1) is 17.6 Å². The summed E-state index contributed by atoms with van der Waals surface area (Å²) in [5.41, 5.74) is 2.50. The first-order valence-corrected chi connectivity index (χ1v) is 8.56. The number of aromatic amines is 1. The average molecular weight is 327 g/mol. The molecule has 2 saturated heterocycles. The van der Waals surface area contributed by atoms with Crippen molar-refractivity contribution in [3.8, 4) is 0 Å².